The number of hydrogen-bond donors (Lipinski definition) is 0. The highest BCUT2D eigenvalue weighted by molar-refractivity contribution is 6.45. The van der Waals surface area contributed by atoms with Gasteiger partial charge in [-0.3, -0.25) is 0 Å². The van der Waals surface area contributed by atoms with E-state index in [-0.39, 0.29) is 31.8 Å². The van der Waals surface area contributed by atoms with Crippen LogP contribution in [0.5, 0.6) is 0 Å². The quantitative estimate of drug-likeness (QED) is 0.561. The molecule has 2 rings (SSSR count). The lowest BCUT2D eigenvalue weighted by molar-refractivity contribution is 0.151. The van der Waals surface area contributed by atoms with Crippen molar-refractivity contribution < 1.29 is 13.2 Å². The number of rotatable bonds is 2. The predicted octanol–water partition coefficient (Wildman–Crippen LogP) is 6.39. The molecule has 0 heterocycles. The molecular weight excluding hydrogens is 319 g/mol. The third kappa shape index (κ3) is 2.99. The van der Waals surface area contributed by atoms with E-state index >= 15 is 0 Å². The Morgan fingerprint density at radius 1 is 0.895 bits per heavy atom. The van der Waals surface area contributed by atoms with Crippen molar-refractivity contribution in [1.29, 1.82) is 0 Å². The number of benzene rings is 2. The average molecular weight is 326 g/mol. The van der Waals surface area contributed by atoms with Crippen LogP contribution in [0.3, 0.4) is 0 Å². The van der Waals surface area contributed by atoms with Gasteiger partial charge in [-0.2, -0.15) is 0 Å². The van der Waals surface area contributed by atoms with Gasteiger partial charge in [0.1, 0.15) is 5.82 Å². The van der Waals surface area contributed by atoms with Gasteiger partial charge in [0.05, 0.1) is 10.0 Å². The zero-order valence-electron chi connectivity index (χ0n) is 9.23. The van der Waals surface area contributed by atoms with Gasteiger partial charge in [0.25, 0.3) is 6.43 Å². The van der Waals surface area contributed by atoms with Crippen molar-refractivity contribution in [1.82, 2.24) is 0 Å². The molecule has 0 radical (unpaired) electrons. The molecule has 0 atom stereocenters. The standard InChI is InChI=1S/C13H6Cl3F3/c14-7-4-9(12(16)10(15)5-7)8-3-6(13(18)19)1-2-11(8)17/h1-5,13H. The van der Waals surface area contributed by atoms with Gasteiger partial charge < -0.3 is 0 Å². The van der Waals surface area contributed by atoms with E-state index in [2.05, 4.69) is 0 Å². The summed E-state index contributed by atoms with van der Waals surface area (Å²) >= 11 is 17.6. The van der Waals surface area contributed by atoms with E-state index in [1.54, 1.807) is 0 Å². The molecule has 0 spiro atoms. The van der Waals surface area contributed by atoms with Crippen LogP contribution in [0.1, 0.15) is 12.0 Å². The summed E-state index contributed by atoms with van der Waals surface area (Å²) in [6, 6.07) is 5.78. The van der Waals surface area contributed by atoms with E-state index in [4.69, 9.17) is 34.8 Å². The SMILES string of the molecule is Fc1ccc(C(F)F)cc1-c1cc(Cl)cc(Cl)c1Cl. The maximum atomic E-state index is 13.8. The van der Waals surface area contributed by atoms with Crippen LogP contribution >= 0.6 is 34.8 Å². The molecule has 2 aromatic rings. The summed E-state index contributed by atoms with van der Waals surface area (Å²) in [5.74, 6) is -0.676. The van der Waals surface area contributed by atoms with E-state index in [9.17, 15) is 13.2 Å². The fourth-order valence-electron chi connectivity index (χ4n) is 1.64. The van der Waals surface area contributed by atoms with Crippen LogP contribution in [0.2, 0.25) is 15.1 Å². The Morgan fingerprint density at radius 3 is 2.21 bits per heavy atom. The van der Waals surface area contributed by atoms with Gasteiger partial charge in [0.15, 0.2) is 0 Å². The summed E-state index contributed by atoms with van der Waals surface area (Å²) in [6.45, 7) is 0. The van der Waals surface area contributed by atoms with E-state index < -0.39 is 12.2 Å². The second-order valence-electron chi connectivity index (χ2n) is 3.79. The van der Waals surface area contributed by atoms with E-state index in [0.29, 0.717) is 0 Å². The monoisotopic (exact) mass is 324 g/mol. The number of alkyl halides is 2. The van der Waals surface area contributed by atoms with E-state index in [0.717, 1.165) is 18.2 Å². The lowest BCUT2D eigenvalue weighted by Crippen LogP contribution is -1.91. The zero-order chi connectivity index (χ0) is 14.2. The van der Waals surface area contributed by atoms with Gasteiger partial charge >= 0.3 is 0 Å². The lowest BCUT2D eigenvalue weighted by atomic mass is 10.0. The van der Waals surface area contributed by atoms with Crippen molar-refractivity contribution in [2.75, 3.05) is 0 Å². The van der Waals surface area contributed by atoms with Crippen molar-refractivity contribution in [3.05, 3.63) is 56.8 Å². The van der Waals surface area contributed by atoms with Crippen molar-refractivity contribution in [3.8, 4) is 11.1 Å². The fraction of sp³-hybridized carbons (Fsp3) is 0.0769. The molecule has 0 aromatic heterocycles. The summed E-state index contributed by atoms with van der Waals surface area (Å²) < 4.78 is 39.1. The third-order valence-electron chi connectivity index (χ3n) is 2.53. The van der Waals surface area contributed by atoms with Crippen molar-refractivity contribution in [2.24, 2.45) is 0 Å². The highest BCUT2D eigenvalue weighted by atomic mass is 35.5. The van der Waals surface area contributed by atoms with Crippen LogP contribution in [0.25, 0.3) is 11.1 Å². The van der Waals surface area contributed by atoms with Gasteiger partial charge in [-0.05, 0) is 24.3 Å². The Balaban J connectivity index is 2.68. The molecule has 0 aliphatic carbocycles. The first-order valence-electron chi connectivity index (χ1n) is 5.12. The van der Waals surface area contributed by atoms with E-state index in [1.807, 2.05) is 0 Å². The molecule has 0 aliphatic rings. The Bertz CT molecular complexity index is 627. The summed E-state index contributed by atoms with van der Waals surface area (Å²) in [7, 11) is 0. The first-order valence-corrected chi connectivity index (χ1v) is 6.26. The molecule has 0 unspecified atom stereocenters. The maximum Gasteiger partial charge on any atom is 0.263 e. The molecule has 0 nitrogen and oxygen atoms in total. The van der Waals surface area contributed by atoms with Gasteiger partial charge in [0, 0.05) is 21.7 Å². The first-order chi connectivity index (χ1) is 8.90. The van der Waals surface area contributed by atoms with Crippen LogP contribution < -0.4 is 0 Å². The highest BCUT2D eigenvalue weighted by Gasteiger charge is 2.16. The van der Waals surface area contributed by atoms with Crippen LogP contribution in [0.4, 0.5) is 13.2 Å². The Labute approximate surface area is 122 Å². The first kappa shape index (κ1) is 14.5. The molecule has 0 N–H and O–H groups in total. The summed E-state index contributed by atoms with van der Waals surface area (Å²) in [6.07, 6.45) is -2.70. The molecule has 0 amide bonds. The topological polar surface area (TPSA) is 0 Å². The Morgan fingerprint density at radius 2 is 1.58 bits per heavy atom. The largest absolute Gasteiger partial charge is 0.263 e. The molecule has 19 heavy (non-hydrogen) atoms. The Hall–Kier alpha value is -0.900. The summed E-state index contributed by atoms with van der Waals surface area (Å²) in [5.41, 5.74) is -0.185. The van der Waals surface area contributed by atoms with Gasteiger partial charge in [0.2, 0.25) is 0 Å². The molecule has 0 saturated heterocycles. The predicted molar refractivity (Wildman–Crippen MR) is 71.8 cm³/mol. The maximum absolute atomic E-state index is 13.8. The highest BCUT2D eigenvalue weighted by Crippen LogP contribution is 2.38. The lowest BCUT2D eigenvalue weighted by Gasteiger charge is -2.10. The van der Waals surface area contributed by atoms with Crippen molar-refractivity contribution >= 4 is 34.8 Å². The van der Waals surface area contributed by atoms with Crippen LogP contribution in [-0.4, -0.2) is 0 Å². The van der Waals surface area contributed by atoms with Crippen LogP contribution in [-0.2, 0) is 0 Å². The van der Waals surface area contributed by atoms with Crippen molar-refractivity contribution in [2.45, 2.75) is 6.43 Å². The minimum Gasteiger partial charge on any atom is -0.206 e. The molecule has 0 aliphatic heterocycles. The van der Waals surface area contributed by atoms with Gasteiger partial charge in [-0.1, -0.05) is 40.9 Å². The van der Waals surface area contributed by atoms with Crippen molar-refractivity contribution in [3.63, 3.8) is 0 Å². The zero-order valence-corrected chi connectivity index (χ0v) is 11.5. The summed E-state index contributed by atoms with van der Waals surface area (Å²) in [4.78, 5) is 0. The second-order valence-corrected chi connectivity index (χ2v) is 5.01. The van der Waals surface area contributed by atoms with Gasteiger partial charge in [-0.25, -0.2) is 13.2 Å². The molecule has 100 valence electrons. The summed E-state index contributed by atoms with van der Waals surface area (Å²) in [5, 5.41) is 0.439. The third-order valence-corrected chi connectivity index (χ3v) is 3.55. The van der Waals surface area contributed by atoms with E-state index in [1.165, 1.54) is 12.1 Å². The second kappa shape index (κ2) is 5.61. The van der Waals surface area contributed by atoms with Gasteiger partial charge in [-0.15, -0.1) is 0 Å². The molecule has 2 aromatic carbocycles. The number of halogens is 6. The molecule has 0 bridgehead atoms. The Kier molecular flexibility index (Phi) is 4.29. The molecule has 0 fully saturated rings. The average Bonchev–Trinajstić information content (AvgIpc) is 2.34. The minimum atomic E-state index is -2.70. The van der Waals surface area contributed by atoms with Crippen LogP contribution in [0, 0.1) is 5.82 Å². The minimum absolute atomic E-state index is 0.0628. The molecule has 0 saturated carbocycles. The smallest absolute Gasteiger partial charge is 0.206 e. The molecule has 6 heteroatoms. The fourth-order valence-corrected chi connectivity index (χ4v) is 2.34. The number of hydrogen-bond acceptors (Lipinski definition) is 0. The molecular formula is C13H6Cl3F3. The van der Waals surface area contributed by atoms with Crippen LogP contribution in [0.15, 0.2) is 30.3 Å². The normalized spacial score (nSPS) is 11.1.